The monoisotopic (exact) mass is 339 g/mol. The SMILES string of the molecule is CC(NC(=O)[C@@H]1CCC[C@@H]1CN)C(=O)NCc1ccccc1.Cl. The highest BCUT2D eigenvalue weighted by atomic mass is 35.5. The Morgan fingerprint density at radius 3 is 2.61 bits per heavy atom. The fourth-order valence-corrected chi connectivity index (χ4v) is 2.99. The van der Waals surface area contributed by atoms with Crippen molar-refractivity contribution < 1.29 is 9.59 Å². The predicted octanol–water partition coefficient (Wildman–Crippen LogP) is 1.60. The second kappa shape index (κ2) is 9.53. The summed E-state index contributed by atoms with van der Waals surface area (Å²) in [7, 11) is 0. The van der Waals surface area contributed by atoms with Crippen LogP contribution in [0.4, 0.5) is 0 Å². The van der Waals surface area contributed by atoms with E-state index in [2.05, 4.69) is 10.6 Å². The molecule has 0 heterocycles. The second-order valence-corrected chi connectivity index (χ2v) is 5.97. The molecule has 0 aromatic heterocycles. The van der Waals surface area contributed by atoms with Crippen LogP contribution in [-0.4, -0.2) is 24.4 Å². The average molecular weight is 340 g/mol. The normalized spacial score (nSPS) is 21.1. The van der Waals surface area contributed by atoms with E-state index in [0.717, 1.165) is 24.8 Å². The lowest BCUT2D eigenvalue weighted by atomic mass is 9.95. The topological polar surface area (TPSA) is 84.2 Å². The molecule has 1 fully saturated rings. The molecule has 4 N–H and O–H groups in total. The molecule has 0 spiro atoms. The van der Waals surface area contributed by atoms with Gasteiger partial charge in [-0.2, -0.15) is 0 Å². The minimum Gasteiger partial charge on any atom is -0.350 e. The van der Waals surface area contributed by atoms with Crippen LogP contribution in [0.5, 0.6) is 0 Å². The molecule has 1 aliphatic carbocycles. The highest BCUT2D eigenvalue weighted by Crippen LogP contribution is 2.30. The van der Waals surface area contributed by atoms with E-state index >= 15 is 0 Å². The number of amides is 2. The molecule has 3 atom stereocenters. The number of nitrogens with two attached hydrogens (primary N) is 1. The summed E-state index contributed by atoms with van der Waals surface area (Å²) in [6.07, 6.45) is 2.91. The minimum atomic E-state index is -0.532. The molecular weight excluding hydrogens is 314 g/mol. The summed E-state index contributed by atoms with van der Waals surface area (Å²) in [6, 6.07) is 9.17. The third kappa shape index (κ3) is 5.52. The lowest BCUT2D eigenvalue weighted by Gasteiger charge is -2.20. The van der Waals surface area contributed by atoms with Gasteiger partial charge in [0, 0.05) is 12.5 Å². The van der Waals surface area contributed by atoms with Gasteiger partial charge in [-0.25, -0.2) is 0 Å². The molecule has 1 aromatic carbocycles. The van der Waals surface area contributed by atoms with Crippen LogP contribution < -0.4 is 16.4 Å². The summed E-state index contributed by atoms with van der Waals surface area (Å²) in [5.41, 5.74) is 6.74. The molecule has 128 valence electrons. The molecule has 0 aliphatic heterocycles. The van der Waals surface area contributed by atoms with Gasteiger partial charge in [0.05, 0.1) is 0 Å². The zero-order valence-corrected chi connectivity index (χ0v) is 14.3. The highest BCUT2D eigenvalue weighted by molar-refractivity contribution is 5.88. The Morgan fingerprint density at radius 1 is 1.26 bits per heavy atom. The Hall–Kier alpha value is -1.59. The Labute approximate surface area is 143 Å². The number of nitrogens with one attached hydrogen (secondary N) is 2. The van der Waals surface area contributed by atoms with Gasteiger partial charge in [-0.1, -0.05) is 36.8 Å². The molecule has 2 amide bonds. The molecule has 6 heteroatoms. The van der Waals surface area contributed by atoms with Gasteiger partial charge in [0.15, 0.2) is 0 Å². The van der Waals surface area contributed by atoms with Crippen LogP contribution in [0, 0.1) is 11.8 Å². The Kier molecular flexibility index (Phi) is 8.06. The van der Waals surface area contributed by atoms with Crippen LogP contribution in [-0.2, 0) is 16.1 Å². The van der Waals surface area contributed by atoms with Gasteiger partial charge in [-0.3, -0.25) is 9.59 Å². The number of carbonyl (C=O) groups excluding carboxylic acids is 2. The molecule has 1 unspecified atom stereocenters. The Bertz CT molecular complexity index is 510. The minimum absolute atomic E-state index is 0. The fraction of sp³-hybridized carbons (Fsp3) is 0.529. The number of halogens is 1. The first-order valence-corrected chi connectivity index (χ1v) is 7.94. The van der Waals surface area contributed by atoms with Gasteiger partial charge >= 0.3 is 0 Å². The van der Waals surface area contributed by atoms with E-state index in [-0.39, 0.29) is 36.1 Å². The maximum Gasteiger partial charge on any atom is 0.242 e. The summed E-state index contributed by atoms with van der Waals surface area (Å²) >= 11 is 0. The van der Waals surface area contributed by atoms with E-state index in [4.69, 9.17) is 5.73 Å². The van der Waals surface area contributed by atoms with Crippen LogP contribution in [0.3, 0.4) is 0 Å². The summed E-state index contributed by atoms with van der Waals surface area (Å²) < 4.78 is 0. The van der Waals surface area contributed by atoms with Crippen molar-refractivity contribution in [2.24, 2.45) is 17.6 Å². The zero-order valence-electron chi connectivity index (χ0n) is 13.5. The van der Waals surface area contributed by atoms with E-state index in [1.54, 1.807) is 6.92 Å². The van der Waals surface area contributed by atoms with Gasteiger partial charge < -0.3 is 16.4 Å². The van der Waals surface area contributed by atoms with E-state index < -0.39 is 6.04 Å². The van der Waals surface area contributed by atoms with Crippen molar-refractivity contribution in [3.05, 3.63) is 35.9 Å². The van der Waals surface area contributed by atoms with Crippen molar-refractivity contribution in [3.63, 3.8) is 0 Å². The summed E-state index contributed by atoms with van der Waals surface area (Å²) in [5, 5.41) is 5.66. The van der Waals surface area contributed by atoms with Crippen LogP contribution in [0.2, 0.25) is 0 Å². The first-order valence-electron chi connectivity index (χ1n) is 7.94. The molecule has 1 saturated carbocycles. The van der Waals surface area contributed by atoms with Gasteiger partial charge in [-0.15, -0.1) is 12.4 Å². The van der Waals surface area contributed by atoms with Crippen molar-refractivity contribution in [1.29, 1.82) is 0 Å². The number of rotatable bonds is 6. The standard InChI is InChI=1S/C17H25N3O2.ClH/c1-12(16(21)19-11-13-6-3-2-4-7-13)20-17(22)15-9-5-8-14(15)10-18;/h2-4,6-7,12,14-15H,5,8-11,18H2,1H3,(H,19,21)(H,20,22);1H/t12?,14-,15-;/m1./s1. The number of carbonyl (C=O) groups is 2. The predicted molar refractivity (Wildman–Crippen MR) is 93.0 cm³/mol. The first-order chi connectivity index (χ1) is 10.6. The molecular formula is C17H26ClN3O2. The van der Waals surface area contributed by atoms with Gasteiger partial charge in [-0.05, 0) is 37.8 Å². The van der Waals surface area contributed by atoms with Crippen molar-refractivity contribution >= 4 is 24.2 Å². The lowest BCUT2D eigenvalue weighted by Crippen LogP contribution is -2.47. The summed E-state index contributed by atoms with van der Waals surface area (Å²) in [5.74, 6) is -0.0104. The molecule has 1 aromatic rings. The largest absolute Gasteiger partial charge is 0.350 e. The van der Waals surface area contributed by atoms with Crippen LogP contribution >= 0.6 is 12.4 Å². The van der Waals surface area contributed by atoms with Gasteiger partial charge in [0.25, 0.3) is 0 Å². The fourth-order valence-electron chi connectivity index (χ4n) is 2.99. The van der Waals surface area contributed by atoms with Crippen molar-refractivity contribution in [1.82, 2.24) is 10.6 Å². The van der Waals surface area contributed by atoms with E-state index in [1.165, 1.54) is 0 Å². The van der Waals surface area contributed by atoms with Crippen LogP contribution in [0.25, 0.3) is 0 Å². The van der Waals surface area contributed by atoms with E-state index in [1.807, 2.05) is 30.3 Å². The molecule has 0 radical (unpaired) electrons. The van der Waals surface area contributed by atoms with Crippen molar-refractivity contribution in [2.75, 3.05) is 6.54 Å². The quantitative estimate of drug-likeness (QED) is 0.736. The number of hydrogen-bond donors (Lipinski definition) is 3. The molecule has 1 aliphatic rings. The summed E-state index contributed by atoms with van der Waals surface area (Å²) in [4.78, 5) is 24.3. The third-order valence-corrected chi connectivity index (χ3v) is 4.36. The molecule has 2 rings (SSSR count). The third-order valence-electron chi connectivity index (χ3n) is 4.36. The maximum atomic E-state index is 12.3. The highest BCUT2D eigenvalue weighted by Gasteiger charge is 2.33. The van der Waals surface area contributed by atoms with Crippen LogP contribution in [0.1, 0.15) is 31.7 Å². The van der Waals surface area contributed by atoms with Gasteiger partial charge in [0.1, 0.15) is 6.04 Å². The lowest BCUT2D eigenvalue weighted by molar-refractivity contribution is -0.131. The molecule has 0 saturated heterocycles. The Balaban J connectivity index is 0.00000264. The molecule has 23 heavy (non-hydrogen) atoms. The smallest absolute Gasteiger partial charge is 0.242 e. The average Bonchev–Trinajstić information content (AvgIpc) is 3.02. The van der Waals surface area contributed by atoms with E-state index in [0.29, 0.717) is 13.1 Å². The summed E-state index contributed by atoms with van der Waals surface area (Å²) in [6.45, 7) is 2.71. The second-order valence-electron chi connectivity index (χ2n) is 5.97. The molecule has 5 nitrogen and oxygen atoms in total. The van der Waals surface area contributed by atoms with Crippen molar-refractivity contribution in [3.8, 4) is 0 Å². The van der Waals surface area contributed by atoms with Gasteiger partial charge in [0.2, 0.25) is 11.8 Å². The number of hydrogen-bond acceptors (Lipinski definition) is 3. The van der Waals surface area contributed by atoms with E-state index in [9.17, 15) is 9.59 Å². The van der Waals surface area contributed by atoms with Crippen molar-refractivity contribution in [2.45, 2.75) is 38.8 Å². The Morgan fingerprint density at radius 2 is 1.96 bits per heavy atom. The first kappa shape index (κ1) is 19.5. The van der Waals surface area contributed by atoms with Crippen LogP contribution in [0.15, 0.2) is 30.3 Å². The number of benzene rings is 1. The maximum absolute atomic E-state index is 12.3. The molecule has 0 bridgehead atoms. The zero-order chi connectivity index (χ0) is 15.9.